The van der Waals surface area contributed by atoms with Gasteiger partial charge in [-0.25, -0.2) is 9.97 Å². The van der Waals surface area contributed by atoms with Gasteiger partial charge >= 0.3 is 0 Å². The van der Waals surface area contributed by atoms with Gasteiger partial charge in [-0.05, 0) is 40.0 Å². The van der Waals surface area contributed by atoms with Crippen molar-refractivity contribution in [3.63, 3.8) is 0 Å². The number of nitrogens with zero attached hydrogens (tertiary/aromatic N) is 5. The number of carbonyl (C=O) groups is 1. The number of carbonyl (C=O) groups excluding carboxylic acids is 1. The molecule has 0 aliphatic heterocycles. The van der Waals surface area contributed by atoms with E-state index in [1.165, 1.54) is 4.80 Å². The maximum Gasteiger partial charge on any atom is 0.193 e. The fraction of sp³-hybridized carbons (Fsp3) is 0.316. The van der Waals surface area contributed by atoms with Crippen LogP contribution in [0.3, 0.4) is 0 Å². The summed E-state index contributed by atoms with van der Waals surface area (Å²) in [5, 5.41) is 11.4. The second-order valence-corrected chi connectivity index (χ2v) is 7.55. The van der Waals surface area contributed by atoms with Crippen molar-refractivity contribution in [3.8, 4) is 5.82 Å². The van der Waals surface area contributed by atoms with Crippen LogP contribution in [0.5, 0.6) is 0 Å². The third kappa shape index (κ3) is 4.80. The van der Waals surface area contributed by atoms with Gasteiger partial charge in [-0.1, -0.05) is 11.6 Å². The van der Waals surface area contributed by atoms with Crippen molar-refractivity contribution in [2.75, 3.05) is 19.5 Å². The Morgan fingerprint density at radius 1 is 1.28 bits per heavy atom. The zero-order valence-electron chi connectivity index (χ0n) is 16.2. The van der Waals surface area contributed by atoms with E-state index in [4.69, 9.17) is 16.3 Å². The fourth-order valence-corrected chi connectivity index (χ4v) is 4.09. The summed E-state index contributed by atoms with van der Waals surface area (Å²) in [6, 6.07) is 1.71. The number of ether oxygens (including phenoxy) is 1. The van der Waals surface area contributed by atoms with Gasteiger partial charge in [0.1, 0.15) is 11.6 Å². The molecule has 3 heterocycles. The highest BCUT2D eigenvalue weighted by Gasteiger charge is 2.20. The second-order valence-electron chi connectivity index (χ2n) is 6.35. The van der Waals surface area contributed by atoms with Gasteiger partial charge in [0.05, 0.1) is 28.0 Å². The van der Waals surface area contributed by atoms with Crippen molar-refractivity contribution < 1.29 is 9.53 Å². The second kappa shape index (κ2) is 9.43. The van der Waals surface area contributed by atoms with Crippen LogP contribution in [-0.2, 0) is 22.4 Å². The highest BCUT2D eigenvalue weighted by Crippen LogP contribution is 2.33. The monoisotopic (exact) mass is 478 g/mol. The van der Waals surface area contributed by atoms with Crippen LogP contribution < -0.4 is 5.32 Å². The van der Waals surface area contributed by atoms with E-state index < -0.39 is 0 Å². The first-order valence-corrected chi connectivity index (χ1v) is 10.0. The Labute approximate surface area is 181 Å². The molecular formula is C19H20BrClN6O2. The predicted molar refractivity (Wildman–Crippen MR) is 113 cm³/mol. The molecule has 152 valence electrons. The lowest BCUT2D eigenvalue weighted by molar-refractivity contribution is -0.117. The Morgan fingerprint density at radius 2 is 2.00 bits per heavy atom. The number of nitrogens with one attached hydrogen (secondary N) is 1. The molecule has 0 aromatic carbocycles. The van der Waals surface area contributed by atoms with Crippen molar-refractivity contribution in [1.82, 2.24) is 25.0 Å². The smallest absolute Gasteiger partial charge is 0.193 e. The summed E-state index contributed by atoms with van der Waals surface area (Å²) in [5.41, 5.74) is 2.43. The molecule has 1 N–H and O–H groups in total. The van der Waals surface area contributed by atoms with Crippen LogP contribution in [0.4, 0.5) is 5.82 Å². The van der Waals surface area contributed by atoms with Crippen LogP contribution in [0, 0.1) is 0 Å². The molecule has 1 atom stereocenters. The number of ketones is 1. The van der Waals surface area contributed by atoms with Gasteiger partial charge in [0.15, 0.2) is 5.82 Å². The van der Waals surface area contributed by atoms with E-state index >= 15 is 0 Å². The van der Waals surface area contributed by atoms with E-state index in [0.717, 1.165) is 21.2 Å². The Bertz CT molecular complexity index is 1010. The molecule has 0 bridgehead atoms. The highest BCUT2D eigenvalue weighted by molar-refractivity contribution is 9.10. The number of rotatable bonds is 8. The lowest BCUT2D eigenvalue weighted by Crippen LogP contribution is -2.13. The van der Waals surface area contributed by atoms with E-state index in [0.29, 0.717) is 16.7 Å². The van der Waals surface area contributed by atoms with Crippen LogP contribution in [0.2, 0.25) is 5.02 Å². The van der Waals surface area contributed by atoms with Crippen LogP contribution in [0.15, 0.2) is 35.3 Å². The van der Waals surface area contributed by atoms with Crippen molar-refractivity contribution in [1.29, 1.82) is 0 Å². The SMILES string of the molecule is CNc1ncc(CC(=O)Cc2cnc(-n3nccn3)c(Cl)c2)c([C@@H](C)OC)c1Br. The molecule has 0 unspecified atom stereocenters. The van der Waals surface area contributed by atoms with Gasteiger partial charge in [0, 0.05) is 45.0 Å². The number of anilines is 1. The topological polar surface area (TPSA) is 94.8 Å². The van der Waals surface area contributed by atoms with Crippen molar-refractivity contribution in [3.05, 3.63) is 57.0 Å². The minimum Gasteiger partial charge on any atom is -0.377 e. The van der Waals surface area contributed by atoms with Gasteiger partial charge in [-0.2, -0.15) is 10.2 Å². The molecule has 3 rings (SSSR count). The average molecular weight is 480 g/mol. The number of hydrogen-bond acceptors (Lipinski definition) is 7. The van der Waals surface area contributed by atoms with Crippen LogP contribution in [0.25, 0.3) is 5.82 Å². The average Bonchev–Trinajstić information content (AvgIpc) is 3.22. The highest BCUT2D eigenvalue weighted by atomic mass is 79.9. The molecule has 0 spiro atoms. The zero-order valence-corrected chi connectivity index (χ0v) is 18.5. The minimum absolute atomic E-state index is 0.0169. The molecule has 0 aliphatic rings. The largest absolute Gasteiger partial charge is 0.377 e. The van der Waals surface area contributed by atoms with E-state index in [-0.39, 0.29) is 24.7 Å². The van der Waals surface area contributed by atoms with Crippen molar-refractivity contribution in [2.24, 2.45) is 0 Å². The first kappa shape index (κ1) is 21.4. The summed E-state index contributed by atoms with van der Waals surface area (Å²) < 4.78 is 6.27. The van der Waals surface area contributed by atoms with E-state index in [9.17, 15) is 4.79 Å². The van der Waals surface area contributed by atoms with Gasteiger partial charge in [-0.3, -0.25) is 4.79 Å². The summed E-state index contributed by atoms with van der Waals surface area (Å²) in [6.45, 7) is 1.93. The molecule has 0 radical (unpaired) electrons. The molecule has 3 aromatic heterocycles. The molecular weight excluding hydrogens is 460 g/mol. The molecule has 8 nitrogen and oxygen atoms in total. The van der Waals surface area contributed by atoms with Crippen LogP contribution in [-0.4, -0.2) is 44.9 Å². The summed E-state index contributed by atoms with van der Waals surface area (Å²) in [4.78, 5) is 22.7. The van der Waals surface area contributed by atoms with Gasteiger partial charge in [0.25, 0.3) is 0 Å². The van der Waals surface area contributed by atoms with Gasteiger partial charge < -0.3 is 10.1 Å². The third-order valence-electron chi connectivity index (χ3n) is 4.41. The number of pyridine rings is 2. The molecule has 0 saturated heterocycles. The molecule has 0 fully saturated rings. The first-order valence-electron chi connectivity index (χ1n) is 8.85. The molecule has 29 heavy (non-hydrogen) atoms. The summed E-state index contributed by atoms with van der Waals surface area (Å²) >= 11 is 9.86. The Hall–Kier alpha value is -2.36. The van der Waals surface area contributed by atoms with E-state index in [1.807, 2.05) is 6.92 Å². The number of methoxy groups -OCH3 is 1. The number of hydrogen-bond donors (Lipinski definition) is 1. The van der Waals surface area contributed by atoms with Crippen molar-refractivity contribution in [2.45, 2.75) is 25.9 Å². The van der Waals surface area contributed by atoms with Gasteiger partial charge in [-0.15, -0.1) is 4.80 Å². The Morgan fingerprint density at radius 3 is 2.62 bits per heavy atom. The number of Topliss-reactive ketones (excluding diaryl/α,β-unsaturated/α-hetero) is 1. The lowest BCUT2D eigenvalue weighted by atomic mass is 9.98. The number of halogens is 2. The maximum atomic E-state index is 12.7. The zero-order chi connectivity index (χ0) is 21.0. The summed E-state index contributed by atoms with van der Waals surface area (Å²) in [7, 11) is 3.42. The summed E-state index contributed by atoms with van der Waals surface area (Å²) in [6.07, 6.45) is 6.62. The van der Waals surface area contributed by atoms with Crippen LogP contribution >= 0.6 is 27.5 Å². The normalized spacial score (nSPS) is 12.0. The molecule has 0 aliphatic carbocycles. The molecule has 0 amide bonds. The number of aromatic nitrogens is 5. The minimum atomic E-state index is -0.195. The summed E-state index contributed by atoms with van der Waals surface area (Å²) in [5.74, 6) is 1.13. The first-order chi connectivity index (χ1) is 13.9. The van der Waals surface area contributed by atoms with Crippen molar-refractivity contribution >= 4 is 39.1 Å². The quantitative estimate of drug-likeness (QED) is 0.527. The molecule has 0 saturated carbocycles. The molecule has 3 aromatic rings. The van der Waals surface area contributed by atoms with E-state index in [1.54, 1.807) is 45.0 Å². The predicted octanol–water partition coefficient (Wildman–Crippen LogP) is 3.58. The fourth-order valence-electron chi connectivity index (χ4n) is 2.95. The Kier molecular flexibility index (Phi) is 6.94. The van der Waals surface area contributed by atoms with Gasteiger partial charge in [0.2, 0.25) is 0 Å². The molecule has 10 heteroatoms. The Balaban J connectivity index is 1.79. The van der Waals surface area contributed by atoms with E-state index in [2.05, 4.69) is 41.4 Å². The standard InChI is InChI=1S/C19H20BrClN6O2/c1-11(29-3)16-13(10-23-18(22-2)17(16)20)8-14(28)6-12-7-15(21)19(24-9-12)27-25-4-5-26-27/h4-5,7,9-11H,6,8H2,1-3H3,(H,22,23)/t11-/m1/s1. The lowest BCUT2D eigenvalue weighted by Gasteiger charge is -2.18. The van der Waals surface area contributed by atoms with Crippen LogP contribution in [0.1, 0.15) is 29.7 Å². The maximum absolute atomic E-state index is 12.7. The third-order valence-corrected chi connectivity index (χ3v) is 5.49.